The standard InChI is InChI=1S/C14H25N5O/c1-10-13(11(2)19(4)18-10)8-17-14(15-3)16-7-12-5-6-20-9-12/h12H,5-9H2,1-4H3,(H2,15,16,17). The van der Waals surface area contributed by atoms with Crippen LogP contribution in [0.5, 0.6) is 0 Å². The molecule has 1 aliphatic heterocycles. The molecule has 1 aromatic rings. The summed E-state index contributed by atoms with van der Waals surface area (Å²) in [5, 5.41) is 11.1. The van der Waals surface area contributed by atoms with Gasteiger partial charge in [-0.05, 0) is 20.3 Å². The topological polar surface area (TPSA) is 63.5 Å². The lowest BCUT2D eigenvalue weighted by Gasteiger charge is -2.14. The molecule has 6 heteroatoms. The van der Waals surface area contributed by atoms with Crippen molar-refractivity contribution in [3.8, 4) is 0 Å². The minimum atomic E-state index is 0.593. The summed E-state index contributed by atoms with van der Waals surface area (Å²) in [4.78, 5) is 4.26. The van der Waals surface area contributed by atoms with Crippen LogP contribution in [0.2, 0.25) is 0 Å². The Kier molecular flexibility index (Phi) is 5.00. The lowest BCUT2D eigenvalue weighted by Crippen LogP contribution is -2.39. The summed E-state index contributed by atoms with van der Waals surface area (Å²) in [6.45, 7) is 7.51. The molecular weight excluding hydrogens is 254 g/mol. The Balaban J connectivity index is 1.84. The highest BCUT2D eigenvalue weighted by Crippen LogP contribution is 2.12. The van der Waals surface area contributed by atoms with Gasteiger partial charge in [0.05, 0.1) is 12.3 Å². The molecule has 1 atom stereocenters. The number of hydrogen-bond donors (Lipinski definition) is 2. The second-order valence-corrected chi connectivity index (χ2v) is 5.31. The van der Waals surface area contributed by atoms with E-state index in [0.29, 0.717) is 5.92 Å². The quantitative estimate of drug-likeness (QED) is 0.630. The Morgan fingerprint density at radius 3 is 2.80 bits per heavy atom. The molecule has 1 saturated heterocycles. The lowest BCUT2D eigenvalue weighted by molar-refractivity contribution is 0.186. The predicted molar refractivity (Wildman–Crippen MR) is 79.8 cm³/mol. The van der Waals surface area contributed by atoms with Crippen molar-refractivity contribution in [2.45, 2.75) is 26.8 Å². The van der Waals surface area contributed by atoms with Crippen LogP contribution in [0.1, 0.15) is 23.4 Å². The van der Waals surface area contributed by atoms with Crippen LogP contribution in [-0.4, -0.2) is 42.5 Å². The number of nitrogens with one attached hydrogen (secondary N) is 2. The Bertz CT molecular complexity index is 474. The summed E-state index contributed by atoms with van der Waals surface area (Å²) in [5.41, 5.74) is 3.49. The maximum Gasteiger partial charge on any atom is 0.191 e. The number of nitrogens with zero attached hydrogens (tertiary/aromatic N) is 3. The molecule has 0 amide bonds. The Morgan fingerprint density at radius 1 is 1.45 bits per heavy atom. The van der Waals surface area contributed by atoms with Crippen LogP contribution in [0, 0.1) is 19.8 Å². The van der Waals surface area contributed by atoms with E-state index in [1.165, 1.54) is 11.3 Å². The summed E-state index contributed by atoms with van der Waals surface area (Å²) >= 11 is 0. The normalized spacial score (nSPS) is 19.4. The summed E-state index contributed by atoms with van der Waals surface area (Å²) in [6.07, 6.45) is 1.13. The average Bonchev–Trinajstić information content (AvgIpc) is 3.02. The van der Waals surface area contributed by atoms with E-state index in [-0.39, 0.29) is 0 Å². The molecule has 0 bridgehead atoms. The molecular formula is C14H25N5O. The van der Waals surface area contributed by atoms with Crippen molar-refractivity contribution in [1.29, 1.82) is 0 Å². The maximum atomic E-state index is 5.38. The molecule has 1 aliphatic rings. The van der Waals surface area contributed by atoms with Gasteiger partial charge in [0.15, 0.2) is 5.96 Å². The summed E-state index contributed by atoms with van der Waals surface area (Å²) in [6, 6.07) is 0. The molecule has 0 spiro atoms. The van der Waals surface area contributed by atoms with Crippen LogP contribution < -0.4 is 10.6 Å². The first-order valence-electron chi connectivity index (χ1n) is 7.13. The molecule has 0 aromatic carbocycles. The third-order valence-corrected chi connectivity index (χ3v) is 3.90. The van der Waals surface area contributed by atoms with E-state index in [9.17, 15) is 0 Å². The SMILES string of the molecule is CN=C(NCc1c(C)nn(C)c1C)NCC1CCOC1. The summed E-state index contributed by atoms with van der Waals surface area (Å²) in [5.74, 6) is 1.43. The van der Waals surface area contributed by atoms with Crippen molar-refractivity contribution < 1.29 is 4.74 Å². The zero-order valence-corrected chi connectivity index (χ0v) is 12.9. The van der Waals surface area contributed by atoms with Crippen LogP contribution in [0.4, 0.5) is 0 Å². The van der Waals surface area contributed by atoms with Gasteiger partial charge in [0, 0.05) is 51.0 Å². The van der Waals surface area contributed by atoms with Crippen molar-refractivity contribution in [2.75, 3.05) is 26.8 Å². The highest BCUT2D eigenvalue weighted by molar-refractivity contribution is 5.79. The van der Waals surface area contributed by atoms with Crippen molar-refractivity contribution >= 4 is 5.96 Å². The van der Waals surface area contributed by atoms with E-state index in [4.69, 9.17) is 4.74 Å². The molecule has 2 heterocycles. The molecule has 6 nitrogen and oxygen atoms in total. The van der Waals surface area contributed by atoms with Crippen molar-refractivity contribution in [3.05, 3.63) is 17.0 Å². The van der Waals surface area contributed by atoms with Crippen LogP contribution >= 0.6 is 0 Å². The molecule has 2 rings (SSSR count). The highest BCUT2D eigenvalue weighted by atomic mass is 16.5. The first kappa shape index (κ1) is 14.8. The van der Waals surface area contributed by atoms with E-state index < -0.39 is 0 Å². The maximum absolute atomic E-state index is 5.38. The van der Waals surface area contributed by atoms with Gasteiger partial charge in [-0.15, -0.1) is 0 Å². The number of ether oxygens (including phenoxy) is 1. The number of hydrogen-bond acceptors (Lipinski definition) is 3. The van der Waals surface area contributed by atoms with E-state index in [0.717, 1.165) is 44.4 Å². The van der Waals surface area contributed by atoms with Gasteiger partial charge in [0.25, 0.3) is 0 Å². The van der Waals surface area contributed by atoms with E-state index in [1.807, 2.05) is 18.7 Å². The molecule has 0 saturated carbocycles. The fourth-order valence-electron chi connectivity index (χ4n) is 2.45. The van der Waals surface area contributed by atoms with Gasteiger partial charge in [0.2, 0.25) is 0 Å². The minimum absolute atomic E-state index is 0.593. The molecule has 2 N–H and O–H groups in total. The average molecular weight is 279 g/mol. The largest absolute Gasteiger partial charge is 0.381 e. The Labute approximate surface area is 120 Å². The molecule has 0 aliphatic carbocycles. The lowest BCUT2D eigenvalue weighted by atomic mass is 10.1. The second kappa shape index (κ2) is 6.74. The number of rotatable bonds is 4. The van der Waals surface area contributed by atoms with Crippen molar-refractivity contribution in [1.82, 2.24) is 20.4 Å². The number of aryl methyl sites for hydroxylation is 2. The third kappa shape index (κ3) is 3.50. The summed E-state index contributed by atoms with van der Waals surface area (Å²) in [7, 11) is 3.77. The van der Waals surface area contributed by atoms with Crippen molar-refractivity contribution in [3.63, 3.8) is 0 Å². The molecule has 1 unspecified atom stereocenters. The first-order valence-corrected chi connectivity index (χ1v) is 7.13. The van der Waals surface area contributed by atoms with E-state index in [1.54, 1.807) is 7.05 Å². The Hall–Kier alpha value is -1.56. The van der Waals surface area contributed by atoms with Gasteiger partial charge in [-0.3, -0.25) is 9.67 Å². The van der Waals surface area contributed by atoms with Gasteiger partial charge in [-0.2, -0.15) is 5.10 Å². The van der Waals surface area contributed by atoms with Crippen LogP contribution in [0.25, 0.3) is 0 Å². The monoisotopic (exact) mass is 279 g/mol. The number of aromatic nitrogens is 2. The highest BCUT2D eigenvalue weighted by Gasteiger charge is 2.16. The number of aliphatic imine (C=N–C) groups is 1. The van der Waals surface area contributed by atoms with Gasteiger partial charge in [0.1, 0.15) is 0 Å². The minimum Gasteiger partial charge on any atom is -0.381 e. The fraction of sp³-hybridized carbons (Fsp3) is 0.714. The smallest absolute Gasteiger partial charge is 0.191 e. The van der Waals surface area contributed by atoms with Crippen LogP contribution in [-0.2, 0) is 18.3 Å². The van der Waals surface area contributed by atoms with Gasteiger partial charge in [-0.25, -0.2) is 0 Å². The van der Waals surface area contributed by atoms with Crippen LogP contribution in [0.3, 0.4) is 0 Å². The Morgan fingerprint density at radius 2 is 2.25 bits per heavy atom. The summed E-state index contributed by atoms with van der Waals surface area (Å²) < 4.78 is 7.29. The molecule has 112 valence electrons. The van der Waals surface area contributed by atoms with Crippen molar-refractivity contribution in [2.24, 2.45) is 18.0 Å². The first-order chi connectivity index (χ1) is 9.61. The zero-order chi connectivity index (χ0) is 14.5. The number of guanidine groups is 1. The predicted octanol–water partition coefficient (Wildman–Crippen LogP) is 0.738. The van der Waals surface area contributed by atoms with Gasteiger partial charge < -0.3 is 15.4 Å². The van der Waals surface area contributed by atoms with E-state index in [2.05, 4.69) is 27.6 Å². The molecule has 1 fully saturated rings. The van der Waals surface area contributed by atoms with E-state index >= 15 is 0 Å². The molecule has 0 radical (unpaired) electrons. The second-order valence-electron chi connectivity index (χ2n) is 5.31. The fourth-order valence-corrected chi connectivity index (χ4v) is 2.45. The third-order valence-electron chi connectivity index (χ3n) is 3.90. The van der Waals surface area contributed by atoms with Gasteiger partial charge in [-0.1, -0.05) is 0 Å². The van der Waals surface area contributed by atoms with Gasteiger partial charge >= 0.3 is 0 Å². The van der Waals surface area contributed by atoms with Crippen LogP contribution in [0.15, 0.2) is 4.99 Å². The molecule has 1 aromatic heterocycles. The zero-order valence-electron chi connectivity index (χ0n) is 12.9. The molecule has 20 heavy (non-hydrogen) atoms.